The predicted molar refractivity (Wildman–Crippen MR) is 98.5 cm³/mol. The van der Waals surface area contributed by atoms with E-state index >= 15 is 0 Å². The van der Waals surface area contributed by atoms with Gasteiger partial charge in [-0.2, -0.15) is 4.89 Å². The van der Waals surface area contributed by atoms with E-state index in [4.69, 9.17) is 26.1 Å². The smallest absolute Gasteiger partial charge is 0.207 e. The Labute approximate surface area is 158 Å². The molecule has 1 aromatic rings. The maximum Gasteiger partial charge on any atom is 0.207 e. The third-order valence-electron chi connectivity index (χ3n) is 6.61. The van der Waals surface area contributed by atoms with Crippen molar-refractivity contribution in [2.24, 2.45) is 23.7 Å². The van der Waals surface area contributed by atoms with Crippen LogP contribution in [0.1, 0.15) is 39.0 Å². The lowest BCUT2D eigenvalue weighted by Crippen LogP contribution is -2.65. The summed E-state index contributed by atoms with van der Waals surface area (Å²) in [4.78, 5) is 13.3. The van der Waals surface area contributed by atoms with Crippen LogP contribution >= 0.6 is 23.4 Å². The minimum atomic E-state index is -0.460. The van der Waals surface area contributed by atoms with Gasteiger partial charge in [0.1, 0.15) is 5.60 Å². The second-order valence-electron chi connectivity index (χ2n) is 8.67. The molecule has 4 aliphatic carbocycles. The molecule has 3 nitrogen and oxygen atoms in total. The first-order valence-electron chi connectivity index (χ1n) is 9.44. The summed E-state index contributed by atoms with van der Waals surface area (Å²) < 4.78 is 6.48. The summed E-state index contributed by atoms with van der Waals surface area (Å²) in [5.74, 6) is 3.18. The monoisotopic (exact) mass is 380 g/mol. The highest BCUT2D eigenvalue weighted by Gasteiger charge is 2.62. The largest absolute Gasteiger partial charge is 0.344 e. The number of ether oxygens (including phenoxy) is 1. The maximum absolute atomic E-state index is 6.48. The van der Waals surface area contributed by atoms with Crippen LogP contribution in [0.5, 0.6) is 0 Å². The lowest BCUT2D eigenvalue weighted by atomic mass is 9.53. The average Bonchev–Trinajstić information content (AvgIpc) is 2.60. The summed E-state index contributed by atoms with van der Waals surface area (Å²) in [6, 6.07) is 7.93. The standard InChI is InChI=1S/C20H25ClO3S/c1-19(12-25-18-4-2-17(21)3-5-18)11-22-20(24-23-19)15-7-13-6-14(9-15)10-16(20)8-13/h2-5,13-16H,6-12H2,1H3. The molecule has 0 amide bonds. The fourth-order valence-corrected chi connectivity index (χ4v) is 6.58. The molecule has 1 aliphatic heterocycles. The molecule has 1 unspecified atom stereocenters. The SMILES string of the molecule is CC1(CSc2ccc(Cl)cc2)COC2(OO1)C1CC3CC(C1)CC2C3. The van der Waals surface area contributed by atoms with Gasteiger partial charge in [-0.05, 0) is 75.1 Å². The summed E-state index contributed by atoms with van der Waals surface area (Å²) >= 11 is 7.71. The zero-order valence-electron chi connectivity index (χ0n) is 14.6. The van der Waals surface area contributed by atoms with Crippen molar-refractivity contribution in [1.29, 1.82) is 0 Å². The van der Waals surface area contributed by atoms with E-state index in [9.17, 15) is 0 Å². The van der Waals surface area contributed by atoms with E-state index in [1.807, 2.05) is 24.3 Å². The number of rotatable bonds is 3. The fourth-order valence-electron chi connectivity index (χ4n) is 5.52. The van der Waals surface area contributed by atoms with Crippen molar-refractivity contribution < 1.29 is 14.5 Å². The van der Waals surface area contributed by atoms with Gasteiger partial charge in [0.2, 0.25) is 5.79 Å². The van der Waals surface area contributed by atoms with Gasteiger partial charge in [-0.3, -0.25) is 0 Å². The Balaban J connectivity index is 1.24. The van der Waals surface area contributed by atoms with Crippen LogP contribution in [0.2, 0.25) is 5.02 Å². The van der Waals surface area contributed by atoms with Crippen LogP contribution in [0.15, 0.2) is 29.2 Å². The van der Waals surface area contributed by atoms with Gasteiger partial charge in [0, 0.05) is 27.5 Å². The zero-order chi connectivity index (χ0) is 17.1. The lowest BCUT2D eigenvalue weighted by molar-refractivity contribution is -0.540. The van der Waals surface area contributed by atoms with Gasteiger partial charge in [-0.1, -0.05) is 11.6 Å². The first-order chi connectivity index (χ1) is 12.0. The lowest BCUT2D eigenvalue weighted by Gasteiger charge is -2.61. The molecule has 25 heavy (non-hydrogen) atoms. The van der Waals surface area contributed by atoms with E-state index in [1.165, 1.54) is 37.0 Å². The van der Waals surface area contributed by atoms with E-state index in [1.54, 1.807) is 11.8 Å². The number of hydrogen-bond donors (Lipinski definition) is 0. The average molecular weight is 381 g/mol. The second kappa shape index (κ2) is 6.13. The van der Waals surface area contributed by atoms with Crippen molar-refractivity contribution in [2.75, 3.05) is 12.4 Å². The molecular weight excluding hydrogens is 356 g/mol. The predicted octanol–water partition coefficient (Wildman–Crippen LogP) is 5.32. The second-order valence-corrected chi connectivity index (χ2v) is 10.2. The highest BCUT2D eigenvalue weighted by molar-refractivity contribution is 7.99. The Morgan fingerprint density at radius 2 is 1.64 bits per heavy atom. The highest BCUT2D eigenvalue weighted by Crippen LogP contribution is 2.61. The molecule has 0 radical (unpaired) electrons. The zero-order valence-corrected chi connectivity index (χ0v) is 16.2. The first kappa shape index (κ1) is 16.9. The molecule has 6 rings (SSSR count). The van der Waals surface area contributed by atoms with Gasteiger partial charge in [0.05, 0.1) is 6.61 Å². The van der Waals surface area contributed by atoms with Crippen LogP contribution in [0, 0.1) is 23.7 Å². The Morgan fingerprint density at radius 1 is 1.00 bits per heavy atom. The Kier molecular flexibility index (Phi) is 4.14. The molecule has 1 spiro atoms. The Bertz CT molecular complexity index is 609. The number of hydrogen-bond acceptors (Lipinski definition) is 4. The third kappa shape index (κ3) is 2.94. The van der Waals surface area contributed by atoms with Crippen molar-refractivity contribution in [3.05, 3.63) is 29.3 Å². The van der Waals surface area contributed by atoms with Crippen LogP contribution in [0.3, 0.4) is 0 Å². The van der Waals surface area contributed by atoms with Crippen molar-refractivity contribution in [2.45, 2.75) is 55.3 Å². The van der Waals surface area contributed by atoms with Gasteiger partial charge in [-0.15, -0.1) is 11.8 Å². The summed E-state index contributed by atoms with van der Waals surface area (Å²) in [7, 11) is 0. The van der Waals surface area contributed by atoms with Crippen LogP contribution in [0.25, 0.3) is 0 Å². The maximum atomic E-state index is 6.48. The highest BCUT2D eigenvalue weighted by atomic mass is 35.5. The molecule has 1 heterocycles. The van der Waals surface area contributed by atoms with E-state index in [2.05, 4.69) is 6.92 Å². The van der Waals surface area contributed by atoms with Crippen LogP contribution in [0.4, 0.5) is 0 Å². The minimum absolute atomic E-state index is 0.412. The molecule has 1 saturated heterocycles. The van der Waals surface area contributed by atoms with Crippen molar-refractivity contribution >= 4 is 23.4 Å². The third-order valence-corrected chi connectivity index (χ3v) is 8.22. The summed E-state index contributed by atoms with van der Waals surface area (Å²) in [6.45, 7) is 2.69. The molecule has 5 fully saturated rings. The molecular formula is C20H25ClO3S. The molecule has 5 heteroatoms. The van der Waals surface area contributed by atoms with Crippen molar-refractivity contribution in [3.63, 3.8) is 0 Å². The number of halogens is 1. The molecule has 0 aromatic heterocycles. The number of benzene rings is 1. The summed E-state index contributed by atoms with van der Waals surface area (Å²) in [6.07, 6.45) is 6.46. The molecule has 4 saturated carbocycles. The molecule has 136 valence electrons. The molecule has 1 aromatic carbocycles. The van der Waals surface area contributed by atoms with Crippen LogP contribution in [-0.4, -0.2) is 23.7 Å². The molecule has 0 N–H and O–H groups in total. The Hall–Kier alpha value is -0.260. The molecule has 4 bridgehead atoms. The minimum Gasteiger partial charge on any atom is -0.344 e. The van der Waals surface area contributed by atoms with E-state index in [0.717, 1.165) is 22.6 Å². The van der Waals surface area contributed by atoms with Gasteiger partial charge in [0.25, 0.3) is 0 Å². The molecule has 1 atom stereocenters. The summed E-state index contributed by atoms with van der Waals surface area (Å²) in [5.41, 5.74) is -0.412. The van der Waals surface area contributed by atoms with E-state index in [0.29, 0.717) is 18.4 Å². The quantitative estimate of drug-likeness (QED) is 0.523. The Morgan fingerprint density at radius 3 is 2.20 bits per heavy atom. The number of thioether (sulfide) groups is 1. The van der Waals surface area contributed by atoms with Crippen molar-refractivity contribution in [1.82, 2.24) is 0 Å². The normalized spacial score (nSPS) is 45.2. The van der Waals surface area contributed by atoms with Crippen LogP contribution in [-0.2, 0) is 14.5 Å². The summed E-state index contributed by atoms with van der Waals surface area (Å²) in [5, 5.41) is 0.764. The topological polar surface area (TPSA) is 27.7 Å². The van der Waals surface area contributed by atoms with Crippen molar-refractivity contribution in [3.8, 4) is 0 Å². The van der Waals surface area contributed by atoms with Gasteiger partial charge >= 0.3 is 0 Å². The van der Waals surface area contributed by atoms with Gasteiger partial charge < -0.3 is 4.74 Å². The molecule has 5 aliphatic rings. The van der Waals surface area contributed by atoms with Gasteiger partial charge in [0.15, 0.2) is 0 Å². The van der Waals surface area contributed by atoms with Gasteiger partial charge in [-0.25, -0.2) is 4.89 Å². The van der Waals surface area contributed by atoms with E-state index in [-0.39, 0.29) is 0 Å². The van der Waals surface area contributed by atoms with Crippen LogP contribution < -0.4 is 0 Å². The van der Waals surface area contributed by atoms with E-state index < -0.39 is 11.4 Å². The fraction of sp³-hybridized carbons (Fsp3) is 0.700. The first-order valence-corrected chi connectivity index (χ1v) is 10.8.